The van der Waals surface area contributed by atoms with E-state index in [1.807, 2.05) is 5.32 Å². The number of unbranched alkanes of at least 4 members (excludes halogenated alkanes) is 4. The third-order valence-electron chi connectivity index (χ3n) is 6.13. The second-order valence-corrected chi connectivity index (χ2v) is 13.8. The number of benzene rings is 1. The highest BCUT2D eigenvalue weighted by atomic mass is 31.2. The first-order valence-corrected chi connectivity index (χ1v) is 16.0. The zero-order valence-electron chi connectivity index (χ0n) is 22.8. The van der Waals surface area contributed by atoms with Crippen molar-refractivity contribution in [2.24, 2.45) is 0 Å². The fourth-order valence-electron chi connectivity index (χ4n) is 3.93. The van der Waals surface area contributed by atoms with E-state index in [2.05, 4.69) is 27.7 Å². The highest BCUT2D eigenvalue weighted by Crippen LogP contribution is 2.61. The van der Waals surface area contributed by atoms with Gasteiger partial charge in [-0.15, -0.1) is 0 Å². The van der Waals surface area contributed by atoms with Crippen LogP contribution in [0.1, 0.15) is 91.0 Å². The molecule has 1 rings (SSSR count). The average molecular weight is 527 g/mol. The van der Waals surface area contributed by atoms with E-state index in [1.54, 1.807) is 55.0 Å². The molecule has 8 heteroatoms. The first-order chi connectivity index (χ1) is 17.2. The summed E-state index contributed by atoms with van der Waals surface area (Å²) >= 11 is 0. The van der Waals surface area contributed by atoms with Crippen molar-refractivity contribution in [3.8, 4) is 0 Å². The summed E-state index contributed by atoms with van der Waals surface area (Å²) < 4.78 is 4.78. The Morgan fingerprint density at radius 3 is 1.61 bits per heavy atom. The average Bonchev–Trinajstić information content (AvgIpc) is 2.87. The molecule has 0 aliphatic heterocycles. The highest BCUT2D eigenvalue weighted by molar-refractivity contribution is 7.75. The van der Waals surface area contributed by atoms with E-state index in [4.69, 9.17) is 14.9 Å². The van der Waals surface area contributed by atoms with Crippen molar-refractivity contribution in [3.05, 3.63) is 35.9 Å². The van der Waals surface area contributed by atoms with Gasteiger partial charge >= 0.3 is 18.0 Å². The molecule has 0 bridgehead atoms. The molecule has 0 unspecified atom stereocenters. The van der Waals surface area contributed by atoms with Crippen LogP contribution in [0.5, 0.6) is 0 Å². The Bertz CT molecular complexity index is 691. The lowest BCUT2D eigenvalue weighted by molar-refractivity contribution is -0.145. The number of hydrogen-bond acceptors (Lipinski definition) is 4. The number of carboxylic acid groups (broad SMARTS) is 2. The molecule has 0 aliphatic rings. The number of nitrogens with one attached hydrogen (secondary N) is 1. The zero-order valence-corrected chi connectivity index (χ0v) is 23.7. The van der Waals surface area contributed by atoms with Crippen molar-refractivity contribution in [1.29, 1.82) is 0 Å². The number of rotatable bonds is 18. The summed E-state index contributed by atoms with van der Waals surface area (Å²) in [7, 11) is -0.562. The molecule has 0 saturated heterocycles. The van der Waals surface area contributed by atoms with Gasteiger partial charge in [0.15, 0.2) is 0 Å². The molecule has 36 heavy (non-hydrogen) atoms. The lowest BCUT2D eigenvalue weighted by atomic mass is 10.2. The smallest absolute Gasteiger partial charge is 0.408 e. The van der Waals surface area contributed by atoms with Crippen molar-refractivity contribution in [2.45, 2.75) is 98.1 Å². The van der Waals surface area contributed by atoms with Crippen molar-refractivity contribution in [3.63, 3.8) is 0 Å². The number of amides is 1. The van der Waals surface area contributed by atoms with E-state index < -0.39 is 37.8 Å². The van der Waals surface area contributed by atoms with Crippen LogP contribution in [0.3, 0.4) is 0 Å². The lowest BCUT2D eigenvalue weighted by Crippen LogP contribution is -2.42. The van der Waals surface area contributed by atoms with Gasteiger partial charge in [0.1, 0.15) is 12.6 Å². The highest BCUT2D eigenvalue weighted by Gasteiger charge is 2.34. The molecule has 1 atom stereocenters. The molecule has 0 saturated carbocycles. The van der Waals surface area contributed by atoms with Crippen molar-refractivity contribution < 1.29 is 29.3 Å². The maximum atomic E-state index is 11.3. The molecule has 0 aromatic heterocycles. The van der Waals surface area contributed by atoms with E-state index in [1.165, 1.54) is 51.4 Å². The minimum Gasteiger partial charge on any atom is -0.481 e. The van der Waals surface area contributed by atoms with Gasteiger partial charge in [0, 0.05) is 7.26 Å². The van der Waals surface area contributed by atoms with Crippen LogP contribution in [0.15, 0.2) is 30.3 Å². The molecular formula is C28H49NO6P+. The topological polar surface area (TPSA) is 113 Å². The molecule has 7 nitrogen and oxygen atoms in total. The maximum Gasteiger partial charge on any atom is 0.408 e. The first kappa shape index (κ1) is 33.9. The minimum absolute atomic E-state index is 0.0217. The van der Waals surface area contributed by atoms with E-state index >= 15 is 0 Å². The number of alkyl carbamates (subject to hydrolysis) is 1. The second kappa shape index (κ2) is 21.0. The van der Waals surface area contributed by atoms with Crippen molar-refractivity contribution >= 4 is 25.3 Å². The fraction of sp³-hybridized carbons (Fsp3) is 0.679. The van der Waals surface area contributed by atoms with Crippen molar-refractivity contribution in [2.75, 3.05) is 24.6 Å². The summed E-state index contributed by atoms with van der Waals surface area (Å²) in [6, 6.07) is 7.29. The summed E-state index contributed by atoms with van der Waals surface area (Å²) in [5, 5.41) is 19.2. The number of hydrogen-bond donors (Lipinski definition) is 3. The molecule has 1 aromatic rings. The maximum absolute atomic E-state index is 11.3. The number of carbonyl (C=O) groups excluding carboxylic acids is 1. The molecule has 3 N–H and O–H groups in total. The molecule has 1 amide bonds. The Labute approximate surface area is 218 Å². The van der Waals surface area contributed by atoms with Crippen LogP contribution in [0.4, 0.5) is 4.79 Å². The molecule has 0 aliphatic carbocycles. The quantitative estimate of drug-likeness (QED) is 0.177. The molecule has 0 radical (unpaired) electrons. The summed E-state index contributed by atoms with van der Waals surface area (Å²) in [6.45, 7) is 9.40. The Morgan fingerprint density at radius 2 is 1.25 bits per heavy atom. The summed E-state index contributed by atoms with van der Waals surface area (Å²) in [6.07, 6.45) is 16.3. The third-order valence-corrected chi connectivity index (χ3v) is 11.2. The van der Waals surface area contributed by atoms with Gasteiger partial charge in [-0.05, 0) is 31.2 Å². The van der Waals surface area contributed by atoms with Crippen LogP contribution in [0.2, 0.25) is 0 Å². The van der Waals surface area contributed by atoms with Gasteiger partial charge < -0.3 is 20.3 Å². The monoisotopic (exact) mass is 526 g/mol. The Kier molecular flexibility index (Phi) is 19.7. The minimum atomic E-state index is -1.51. The Morgan fingerprint density at radius 1 is 0.806 bits per heavy atom. The summed E-state index contributed by atoms with van der Waals surface area (Å²) in [4.78, 5) is 32.5. The van der Waals surface area contributed by atoms with Gasteiger partial charge in [-0.25, -0.2) is 9.59 Å². The molecule has 0 heterocycles. The summed E-state index contributed by atoms with van der Waals surface area (Å²) in [5.41, 5.74) is 0.739. The van der Waals surface area contributed by atoms with Crippen LogP contribution in [-0.4, -0.2) is 58.9 Å². The second-order valence-electron chi connectivity index (χ2n) is 9.35. The van der Waals surface area contributed by atoms with Gasteiger partial charge in [0.25, 0.3) is 0 Å². The summed E-state index contributed by atoms with van der Waals surface area (Å²) in [5.74, 6) is -2.75. The molecular weight excluding hydrogens is 477 g/mol. The van der Waals surface area contributed by atoms with E-state index in [9.17, 15) is 14.4 Å². The lowest BCUT2D eigenvalue weighted by Gasteiger charge is -2.28. The molecule has 206 valence electrons. The Balaban J connectivity index is 0.000000686. The predicted octanol–water partition coefficient (Wildman–Crippen LogP) is 7.05. The normalized spacial score (nSPS) is 11.7. The van der Waals surface area contributed by atoms with E-state index in [0.29, 0.717) is 0 Å². The standard InChI is InChI=1S/C16H36P.C12H13NO6/c1-5-9-13-17(14-10-6-2,15-11-7-3)16-12-8-4;14-10(15)6-9(11(16)17)13-12(18)19-7-8-4-2-1-3-5-8/h5-16H2,1-4H3;1-5,9H,6-7H2,(H,13,18)(H,14,15)(H,16,17)/q+1;/t;9-/m.0/s1. The first-order valence-electron chi connectivity index (χ1n) is 13.5. The van der Waals surface area contributed by atoms with E-state index in [0.717, 1.165) is 5.56 Å². The van der Waals surface area contributed by atoms with Crippen LogP contribution < -0.4 is 5.32 Å². The number of ether oxygens (including phenoxy) is 1. The van der Waals surface area contributed by atoms with Crippen LogP contribution >= 0.6 is 7.26 Å². The van der Waals surface area contributed by atoms with E-state index in [-0.39, 0.29) is 6.61 Å². The molecule has 0 spiro atoms. The third kappa shape index (κ3) is 16.5. The van der Waals surface area contributed by atoms with Crippen LogP contribution in [0, 0.1) is 0 Å². The predicted molar refractivity (Wildman–Crippen MR) is 149 cm³/mol. The number of aliphatic carboxylic acids is 2. The molecule has 1 aromatic carbocycles. The van der Waals surface area contributed by atoms with Gasteiger partial charge in [0.05, 0.1) is 31.1 Å². The van der Waals surface area contributed by atoms with Crippen molar-refractivity contribution in [1.82, 2.24) is 5.32 Å². The zero-order chi connectivity index (χ0) is 27.2. The fourth-order valence-corrected chi connectivity index (χ4v) is 9.22. The molecule has 0 fully saturated rings. The number of carbonyl (C=O) groups is 3. The SMILES string of the molecule is CCCC[P+](CCCC)(CCCC)CCCC.O=C(O)C[C@H](NC(=O)OCc1ccccc1)C(=O)O. The van der Waals surface area contributed by atoms with Crippen LogP contribution in [0.25, 0.3) is 0 Å². The number of carboxylic acids is 2. The Hall–Kier alpha value is -2.14. The van der Waals surface area contributed by atoms with Gasteiger partial charge in [0.2, 0.25) is 0 Å². The van der Waals surface area contributed by atoms with Gasteiger partial charge in [-0.3, -0.25) is 4.79 Å². The van der Waals surface area contributed by atoms with Gasteiger partial charge in [-0.2, -0.15) is 0 Å². The van der Waals surface area contributed by atoms with Gasteiger partial charge in [-0.1, -0.05) is 83.7 Å². The largest absolute Gasteiger partial charge is 0.481 e. The van der Waals surface area contributed by atoms with Crippen LogP contribution in [-0.2, 0) is 20.9 Å².